The van der Waals surface area contributed by atoms with Gasteiger partial charge >= 0.3 is 0 Å². The van der Waals surface area contributed by atoms with Crippen LogP contribution in [-0.4, -0.2) is 35.7 Å². The Kier molecular flexibility index (Phi) is 6.42. The number of halogens is 1. The Balaban J connectivity index is 1.81. The summed E-state index contributed by atoms with van der Waals surface area (Å²) >= 11 is 6.97. The number of hydrogen-bond acceptors (Lipinski definition) is 6. The van der Waals surface area contributed by atoms with Crippen molar-refractivity contribution < 1.29 is 14.3 Å². The molecule has 0 aliphatic heterocycles. The topological polar surface area (TPSA) is 73.3 Å². The molecule has 2 rings (SSSR count). The highest BCUT2D eigenvalue weighted by Crippen LogP contribution is 2.19. The zero-order valence-electron chi connectivity index (χ0n) is 12.0. The van der Waals surface area contributed by atoms with Crippen LogP contribution >= 0.6 is 22.9 Å². The molecule has 0 radical (unpaired) electrons. The van der Waals surface area contributed by atoms with Crippen molar-refractivity contribution in [2.45, 2.75) is 12.8 Å². The van der Waals surface area contributed by atoms with Crippen LogP contribution in [0.1, 0.15) is 11.4 Å². The van der Waals surface area contributed by atoms with Crippen molar-refractivity contribution in [1.82, 2.24) is 10.2 Å². The van der Waals surface area contributed by atoms with Gasteiger partial charge in [0, 0.05) is 18.4 Å². The van der Waals surface area contributed by atoms with Gasteiger partial charge in [-0.25, -0.2) is 0 Å². The summed E-state index contributed by atoms with van der Waals surface area (Å²) in [4.78, 5) is 11.8. The van der Waals surface area contributed by atoms with Crippen LogP contribution in [-0.2, 0) is 11.2 Å². The van der Waals surface area contributed by atoms with E-state index in [4.69, 9.17) is 21.1 Å². The Morgan fingerprint density at radius 1 is 1.36 bits per heavy atom. The van der Waals surface area contributed by atoms with Gasteiger partial charge < -0.3 is 9.47 Å². The summed E-state index contributed by atoms with van der Waals surface area (Å²) in [6, 6.07) is 7.06. The van der Waals surface area contributed by atoms with Gasteiger partial charge in [-0.05, 0) is 18.6 Å². The van der Waals surface area contributed by atoms with Crippen LogP contribution in [0.3, 0.4) is 0 Å². The number of carbonyl (C=O) groups is 1. The molecular formula is C14H16ClN3O3S. The summed E-state index contributed by atoms with van der Waals surface area (Å²) < 4.78 is 10.5. The maximum absolute atomic E-state index is 11.8. The molecule has 0 saturated heterocycles. The number of carbonyl (C=O) groups excluding carboxylic acids is 1. The van der Waals surface area contributed by atoms with E-state index >= 15 is 0 Å². The first-order chi connectivity index (χ1) is 10.7. The van der Waals surface area contributed by atoms with Gasteiger partial charge in [0.05, 0.1) is 7.11 Å². The van der Waals surface area contributed by atoms with E-state index in [9.17, 15) is 4.79 Å². The Hall–Kier alpha value is -1.86. The quantitative estimate of drug-likeness (QED) is 0.747. The second-order valence-corrected chi connectivity index (χ2v) is 5.75. The molecule has 22 heavy (non-hydrogen) atoms. The van der Waals surface area contributed by atoms with E-state index in [2.05, 4.69) is 15.5 Å². The number of nitrogens with one attached hydrogen (secondary N) is 1. The molecule has 0 spiro atoms. The number of amides is 1. The second-order valence-electron chi connectivity index (χ2n) is 4.31. The van der Waals surface area contributed by atoms with E-state index in [0.717, 1.165) is 17.8 Å². The van der Waals surface area contributed by atoms with Crippen molar-refractivity contribution in [2.24, 2.45) is 0 Å². The fraction of sp³-hybridized carbons (Fsp3) is 0.357. The third-order valence-corrected chi connectivity index (χ3v) is 3.81. The van der Waals surface area contributed by atoms with E-state index in [1.165, 1.54) is 11.3 Å². The molecule has 0 aliphatic rings. The van der Waals surface area contributed by atoms with Crippen LogP contribution in [0, 0.1) is 0 Å². The van der Waals surface area contributed by atoms with E-state index in [-0.39, 0.29) is 12.5 Å². The molecule has 1 aromatic carbocycles. The van der Waals surface area contributed by atoms with Gasteiger partial charge in [0.2, 0.25) is 5.13 Å². The molecular weight excluding hydrogens is 326 g/mol. The maximum Gasteiger partial charge on any atom is 0.264 e. The van der Waals surface area contributed by atoms with E-state index in [1.807, 2.05) is 0 Å². The third kappa shape index (κ3) is 5.16. The molecule has 0 bridgehead atoms. The molecule has 0 aliphatic carbocycles. The molecule has 1 N–H and O–H groups in total. The summed E-state index contributed by atoms with van der Waals surface area (Å²) in [6.45, 7) is -0.107. The van der Waals surface area contributed by atoms with Crippen LogP contribution < -0.4 is 14.8 Å². The van der Waals surface area contributed by atoms with Crippen molar-refractivity contribution in [3.63, 3.8) is 0 Å². The number of ether oxygens (including phenoxy) is 2. The maximum atomic E-state index is 11.8. The van der Waals surface area contributed by atoms with Crippen molar-refractivity contribution in [2.75, 3.05) is 24.9 Å². The largest absolute Gasteiger partial charge is 0.497 e. The summed E-state index contributed by atoms with van der Waals surface area (Å²) in [5, 5.41) is 11.9. The molecule has 1 aromatic heterocycles. The second kappa shape index (κ2) is 8.55. The lowest BCUT2D eigenvalue weighted by atomic mass is 10.3. The van der Waals surface area contributed by atoms with Crippen LogP contribution in [0.15, 0.2) is 24.3 Å². The van der Waals surface area contributed by atoms with Gasteiger partial charge in [0.1, 0.15) is 16.5 Å². The zero-order valence-corrected chi connectivity index (χ0v) is 13.6. The molecule has 6 nitrogen and oxygen atoms in total. The molecule has 0 unspecified atom stereocenters. The Bertz CT molecular complexity index is 621. The molecule has 0 fully saturated rings. The lowest BCUT2D eigenvalue weighted by Gasteiger charge is -2.06. The average molecular weight is 342 g/mol. The van der Waals surface area contributed by atoms with Crippen LogP contribution in [0.5, 0.6) is 11.5 Å². The molecule has 0 saturated carbocycles. The Morgan fingerprint density at radius 3 is 2.95 bits per heavy atom. The lowest BCUT2D eigenvalue weighted by molar-refractivity contribution is -0.118. The Morgan fingerprint density at radius 2 is 2.18 bits per heavy atom. The fourth-order valence-electron chi connectivity index (χ4n) is 1.62. The molecule has 8 heteroatoms. The van der Waals surface area contributed by atoms with Gasteiger partial charge in [-0.2, -0.15) is 0 Å². The Labute approximate surface area is 137 Å². The van der Waals surface area contributed by atoms with Crippen molar-refractivity contribution >= 4 is 34.0 Å². The van der Waals surface area contributed by atoms with Gasteiger partial charge in [-0.15, -0.1) is 21.8 Å². The van der Waals surface area contributed by atoms with Gasteiger partial charge in [-0.3, -0.25) is 10.1 Å². The van der Waals surface area contributed by atoms with E-state index < -0.39 is 0 Å². The number of anilines is 1. The first kappa shape index (κ1) is 16.5. The highest BCUT2D eigenvalue weighted by atomic mass is 35.5. The predicted octanol–water partition coefficient (Wildman–Crippen LogP) is 2.74. The third-order valence-electron chi connectivity index (χ3n) is 2.65. The zero-order chi connectivity index (χ0) is 15.8. The van der Waals surface area contributed by atoms with Crippen molar-refractivity contribution in [3.8, 4) is 11.5 Å². The standard InChI is InChI=1S/C14H16ClN3O3S/c1-20-10-4-2-5-11(8-10)21-9-12(19)16-14-18-17-13(22-14)6-3-7-15/h2,4-5,8H,3,6-7,9H2,1H3,(H,16,18,19). The van der Waals surface area contributed by atoms with Crippen LogP contribution in [0.2, 0.25) is 0 Å². The number of methoxy groups -OCH3 is 1. The summed E-state index contributed by atoms with van der Waals surface area (Å²) in [5.41, 5.74) is 0. The molecule has 0 atom stereocenters. The monoisotopic (exact) mass is 341 g/mol. The summed E-state index contributed by atoms with van der Waals surface area (Å²) in [5.74, 6) is 1.53. The predicted molar refractivity (Wildman–Crippen MR) is 86.1 cm³/mol. The number of hydrogen-bond donors (Lipinski definition) is 1. The molecule has 118 valence electrons. The molecule has 2 aromatic rings. The SMILES string of the molecule is COc1cccc(OCC(=O)Nc2nnc(CCCCl)s2)c1. The average Bonchev–Trinajstić information content (AvgIpc) is 2.98. The minimum Gasteiger partial charge on any atom is -0.497 e. The number of nitrogens with zero attached hydrogens (tertiary/aromatic N) is 2. The number of rotatable bonds is 8. The van der Waals surface area contributed by atoms with E-state index in [0.29, 0.717) is 22.5 Å². The van der Waals surface area contributed by atoms with Crippen LogP contribution in [0.25, 0.3) is 0 Å². The normalized spacial score (nSPS) is 10.3. The van der Waals surface area contributed by atoms with Crippen LogP contribution in [0.4, 0.5) is 5.13 Å². The number of alkyl halides is 1. The summed E-state index contributed by atoms with van der Waals surface area (Å²) in [7, 11) is 1.57. The molecule has 1 amide bonds. The van der Waals surface area contributed by atoms with Gasteiger partial charge in [0.15, 0.2) is 6.61 Å². The minimum atomic E-state index is -0.289. The smallest absolute Gasteiger partial charge is 0.264 e. The first-order valence-corrected chi connectivity index (χ1v) is 8.01. The summed E-state index contributed by atoms with van der Waals surface area (Å²) in [6.07, 6.45) is 1.60. The fourth-order valence-corrected chi connectivity index (χ4v) is 2.55. The minimum absolute atomic E-state index is 0.107. The van der Waals surface area contributed by atoms with Gasteiger partial charge in [0.25, 0.3) is 5.91 Å². The number of aryl methyl sites for hydroxylation is 1. The van der Waals surface area contributed by atoms with Crippen molar-refractivity contribution in [3.05, 3.63) is 29.3 Å². The first-order valence-electron chi connectivity index (χ1n) is 6.66. The highest BCUT2D eigenvalue weighted by Gasteiger charge is 2.09. The highest BCUT2D eigenvalue weighted by molar-refractivity contribution is 7.15. The number of benzene rings is 1. The number of aromatic nitrogens is 2. The van der Waals surface area contributed by atoms with Crippen molar-refractivity contribution in [1.29, 1.82) is 0 Å². The van der Waals surface area contributed by atoms with Gasteiger partial charge in [-0.1, -0.05) is 17.4 Å². The van der Waals surface area contributed by atoms with E-state index in [1.54, 1.807) is 31.4 Å². The lowest BCUT2D eigenvalue weighted by Crippen LogP contribution is -2.20. The molecule has 1 heterocycles.